The van der Waals surface area contributed by atoms with E-state index >= 15 is 0 Å². The molecule has 1 unspecified atom stereocenters. The van der Waals surface area contributed by atoms with Crippen LogP contribution in [0.3, 0.4) is 0 Å². The van der Waals surface area contributed by atoms with Gasteiger partial charge in [-0.3, -0.25) is 0 Å². The molecule has 102 valence electrons. The van der Waals surface area contributed by atoms with Crippen molar-refractivity contribution < 1.29 is 9.13 Å². The SMILES string of the molecule is COc1ccc(F)cc1CCN(C)CC(N)CN. The molecule has 0 aliphatic rings. The van der Waals surface area contributed by atoms with Gasteiger partial charge < -0.3 is 21.1 Å². The first-order chi connectivity index (χ1) is 8.56. The number of nitrogens with zero attached hydrogens (tertiary/aromatic N) is 1. The fourth-order valence-electron chi connectivity index (χ4n) is 1.82. The summed E-state index contributed by atoms with van der Waals surface area (Å²) in [5.41, 5.74) is 12.1. The summed E-state index contributed by atoms with van der Waals surface area (Å²) in [6, 6.07) is 4.53. The first-order valence-corrected chi connectivity index (χ1v) is 6.03. The average Bonchev–Trinajstić information content (AvgIpc) is 2.36. The number of ether oxygens (including phenoxy) is 1. The Morgan fingerprint density at radius 2 is 2.17 bits per heavy atom. The Bertz CT molecular complexity index is 373. The van der Waals surface area contributed by atoms with Crippen LogP contribution < -0.4 is 16.2 Å². The third-order valence-corrected chi connectivity index (χ3v) is 2.85. The van der Waals surface area contributed by atoms with Crippen LogP contribution in [0.4, 0.5) is 4.39 Å². The van der Waals surface area contributed by atoms with Gasteiger partial charge in [0.25, 0.3) is 0 Å². The second kappa shape index (κ2) is 7.31. The minimum absolute atomic E-state index is 0.0237. The van der Waals surface area contributed by atoms with E-state index in [2.05, 4.69) is 4.90 Å². The molecule has 0 saturated heterocycles. The van der Waals surface area contributed by atoms with Crippen molar-refractivity contribution in [1.29, 1.82) is 0 Å². The summed E-state index contributed by atoms with van der Waals surface area (Å²) in [5, 5.41) is 0. The summed E-state index contributed by atoms with van der Waals surface area (Å²) < 4.78 is 18.4. The van der Waals surface area contributed by atoms with Crippen LogP contribution in [-0.2, 0) is 6.42 Å². The lowest BCUT2D eigenvalue weighted by Gasteiger charge is -2.20. The molecule has 1 aromatic carbocycles. The van der Waals surface area contributed by atoms with E-state index in [4.69, 9.17) is 16.2 Å². The van der Waals surface area contributed by atoms with Crippen molar-refractivity contribution >= 4 is 0 Å². The Morgan fingerprint density at radius 3 is 2.78 bits per heavy atom. The van der Waals surface area contributed by atoms with Crippen LogP contribution in [0.5, 0.6) is 5.75 Å². The minimum Gasteiger partial charge on any atom is -0.496 e. The predicted octanol–water partition coefficient (Wildman–Crippen LogP) is 0.595. The van der Waals surface area contributed by atoms with Crippen molar-refractivity contribution in [3.8, 4) is 5.75 Å². The van der Waals surface area contributed by atoms with Crippen molar-refractivity contribution in [2.75, 3.05) is 33.8 Å². The van der Waals surface area contributed by atoms with Gasteiger partial charge in [-0.05, 0) is 37.2 Å². The van der Waals surface area contributed by atoms with Crippen LogP contribution >= 0.6 is 0 Å². The number of benzene rings is 1. The van der Waals surface area contributed by atoms with E-state index in [-0.39, 0.29) is 11.9 Å². The summed E-state index contributed by atoms with van der Waals surface area (Å²) in [5.74, 6) is 0.472. The molecule has 0 amide bonds. The van der Waals surface area contributed by atoms with Gasteiger partial charge in [0.1, 0.15) is 11.6 Å². The van der Waals surface area contributed by atoms with E-state index in [0.717, 1.165) is 18.7 Å². The Kier molecular flexibility index (Phi) is 6.04. The Balaban J connectivity index is 2.54. The summed E-state index contributed by atoms with van der Waals surface area (Å²) in [7, 11) is 3.56. The number of hydrogen-bond donors (Lipinski definition) is 2. The topological polar surface area (TPSA) is 64.5 Å². The van der Waals surface area contributed by atoms with Gasteiger partial charge in [0.15, 0.2) is 0 Å². The van der Waals surface area contributed by atoms with E-state index in [0.29, 0.717) is 18.7 Å². The molecule has 0 bridgehead atoms. The normalized spacial score (nSPS) is 12.8. The molecule has 4 nitrogen and oxygen atoms in total. The number of halogens is 1. The number of likely N-dealkylation sites (N-methyl/N-ethyl adjacent to an activating group) is 1. The van der Waals surface area contributed by atoms with Crippen molar-refractivity contribution in [1.82, 2.24) is 4.90 Å². The van der Waals surface area contributed by atoms with E-state index in [1.807, 2.05) is 7.05 Å². The standard InChI is InChI=1S/C13H22FN3O/c1-17(9-12(16)8-15)6-5-10-7-11(14)3-4-13(10)18-2/h3-4,7,12H,5-6,8-9,15-16H2,1-2H3. The molecule has 0 saturated carbocycles. The van der Waals surface area contributed by atoms with Gasteiger partial charge in [-0.1, -0.05) is 0 Å². The first-order valence-electron chi connectivity index (χ1n) is 6.03. The monoisotopic (exact) mass is 255 g/mol. The molecular formula is C13H22FN3O. The Morgan fingerprint density at radius 1 is 1.44 bits per heavy atom. The highest BCUT2D eigenvalue weighted by molar-refractivity contribution is 5.34. The first kappa shape index (κ1) is 14.9. The molecule has 5 heteroatoms. The Labute approximate surface area is 108 Å². The van der Waals surface area contributed by atoms with Gasteiger partial charge in [-0.15, -0.1) is 0 Å². The lowest BCUT2D eigenvalue weighted by atomic mass is 10.1. The number of nitrogens with two attached hydrogens (primary N) is 2. The zero-order valence-corrected chi connectivity index (χ0v) is 11.0. The molecule has 1 rings (SSSR count). The predicted molar refractivity (Wildman–Crippen MR) is 71.2 cm³/mol. The molecule has 1 aromatic rings. The molecule has 0 aliphatic heterocycles. The number of rotatable bonds is 7. The summed E-state index contributed by atoms with van der Waals surface area (Å²) in [6.07, 6.45) is 0.717. The molecule has 0 spiro atoms. The van der Waals surface area contributed by atoms with E-state index in [1.54, 1.807) is 13.2 Å². The quantitative estimate of drug-likeness (QED) is 0.748. The third-order valence-electron chi connectivity index (χ3n) is 2.85. The fourth-order valence-corrected chi connectivity index (χ4v) is 1.82. The second-order valence-electron chi connectivity index (χ2n) is 4.46. The van der Waals surface area contributed by atoms with Crippen LogP contribution in [0.15, 0.2) is 18.2 Å². The number of hydrogen-bond acceptors (Lipinski definition) is 4. The van der Waals surface area contributed by atoms with Crippen LogP contribution in [-0.4, -0.2) is 44.7 Å². The van der Waals surface area contributed by atoms with Crippen molar-refractivity contribution in [2.24, 2.45) is 11.5 Å². The van der Waals surface area contributed by atoms with Gasteiger partial charge in [0, 0.05) is 25.7 Å². The molecule has 0 heterocycles. The molecule has 0 fully saturated rings. The zero-order valence-electron chi connectivity index (χ0n) is 11.0. The smallest absolute Gasteiger partial charge is 0.123 e. The van der Waals surface area contributed by atoms with Gasteiger partial charge in [-0.25, -0.2) is 4.39 Å². The van der Waals surface area contributed by atoms with Crippen LogP contribution in [0.1, 0.15) is 5.56 Å². The summed E-state index contributed by atoms with van der Waals surface area (Å²) >= 11 is 0. The highest BCUT2D eigenvalue weighted by Crippen LogP contribution is 2.19. The maximum Gasteiger partial charge on any atom is 0.123 e. The molecule has 0 aliphatic carbocycles. The largest absolute Gasteiger partial charge is 0.496 e. The van der Waals surface area contributed by atoms with Gasteiger partial charge in [0.2, 0.25) is 0 Å². The minimum atomic E-state index is -0.243. The van der Waals surface area contributed by atoms with E-state index < -0.39 is 0 Å². The maximum atomic E-state index is 13.2. The fraction of sp³-hybridized carbons (Fsp3) is 0.538. The molecular weight excluding hydrogens is 233 g/mol. The van der Waals surface area contributed by atoms with Gasteiger partial charge in [-0.2, -0.15) is 0 Å². The second-order valence-corrected chi connectivity index (χ2v) is 4.46. The Hall–Kier alpha value is -1.17. The van der Waals surface area contributed by atoms with Gasteiger partial charge >= 0.3 is 0 Å². The van der Waals surface area contributed by atoms with Crippen molar-refractivity contribution in [2.45, 2.75) is 12.5 Å². The number of methoxy groups -OCH3 is 1. The van der Waals surface area contributed by atoms with Gasteiger partial charge in [0.05, 0.1) is 7.11 Å². The molecule has 0 aromatic heterocycles. The molecule has 18 heavy (non-hydrogen) atoms. The maximum absolute atomic E-state index is 13.2. The highest BCUT2D eigenvalue weighted by atomic mass is 19.1. The molecule has 4 N–H and O–H groups in total. The van der Waals surface area contributed by atoms with E-state index in [1.165, 1.54) is 12.1 Å². The van der Waals surface area contributed by atoms with Crippen LogP contribution in [0, 0.1) is 5.82 Å². The lowest BCUT2D eigenvalue weighted by molar-refractivity contribution is 0.313. The highest BCUT2D eigenvalue weighted by Gasteiger charge is 2.08. The summed E-state index contributed by atoms with van der Waals surface area (Å²) in [6.45, 7) is 1.98. The lowest BCUT2D eigenvalue weighted by Crippen LogP contribution is -2.41. The zero-order chi connectivity index (χ0) is 13.5. The molecule has 0 radical (unpaired) electrons. The van der Waals surface area contributed by atoms with Crippen LogP contribution in [0.25, 0.3) is 0 Å². The molecule has 1 atom stereocenters. The third kappa shape index (κ3) is 4.60. The van der Waals surface area contributed by atoms with Crippen molar-refractivity contribution in [3.05, 3.63) is 29.6 Å². The average molecular weight is 255 g/mol. The summed E-state index contributed by atoms with van der Waals surface area (Å²) in [4.78, 5) is 2.09. The van der Waals surface area contributed by atoms with Crippen molar-refractivity contribution in [3.63, 3.8) is 0 Å². The van der Waals surface area contributed by atoms with Crippen LogP contribution in [0.2, 0.25) is 0 Å². The van der Waals surface area contributed by atoms with E-state index in [9.17, 15) is 4.39 Å².